The minimum absolute atomic E-state index is 0.00232. The second kappa shape index (κ2) is 16.8. The van der Waals surface area contributed by atoms with E-state index in [0.717, 1.165) is 0 Å². The Balaban J connectivity index is 2.16. The summed E-state index contributed by atoms with van der Waals surface area (Å²) >= 11 is 0. The van der Waals surface area contributed by atoms with Crippen LogP contribution in [0.15, 0.2) is 0 Å². The first-order valence-electron chi connectivity index (χ1n) is 18.2. The van der Waals surface area contributed by atoms with Crippen LogP contribution >= 0.6 is 0 Å². The Bertz CT molecular complexity index is 1060. The third kappa shape index (κ3) is 9.72. The molecule has 49 heavy (non-hydrogen) atoms. The first kappa shape index (κ1) is 42.4. The van der Waals surface area contributed by atoms with Crippen LogP contribution in [0.4, 0.5) is 0 Å². The molecule has 0 spiro atoms. The molecule has 13 heteroatoms. The van der Waals surface area contributed by atoms with Gasteiger partial charge in [0.1, 0.15) is 17.8 Å². The van der Waals surface area contributed by atoms with Gasteiger partial charge in [-0.3, -0.25) is 4.79 Å². The van der Waals surface area contributed by atoms with E-state index in [4.69, 9.17) is 28.4 Å². The van der Waals surface area contributed by atoms with Crippen LogP contribution in [0.5, 0.6) is 0 Å². The van der Waals surface area contributed by atoms with E-state index < -0.39 is 95.6 Å². The van der Waals surface area contributed by atoms with Gasteiger partial charge in [0, 0.05) is 37.8 Å². The third-order valence-corrected chi connectivity index (χ3v) is 11.5. The first-order valence-corrected chi connectivity index (χ1v) is 18.2. The topological polar surface area (TPSA) is 186 Å². The van der Waals surface area contributed by atoms with Crippen molar-refractivity contribution in [2.24, 2.45) is 23.7 Å². The van der Waals surface area contributed by atoms with Gasteiger partial charge in [0.2, 0.25) is 0 Å². The highest BCUT2D eigenvalue weighted by molar-refractivity contribution is 5.73. The molecule has 3 aliphatic heterocycles. The van der Waals surface area contributed by atoms with E-state index >= 15 is 0 Å². The molecule has 0 aromatic carbocycles. The number of cyclic esters (lactones) is 1. The molecular formula is C36H67NO12. The average Bonchev–Trinajstić information content (AvgIpc) is 3.02. The van der Waals surface area contributed by atoms with Crippen molar-refractivity contribution < 1.29 is 58.7 Å². The smallest absolute Gasteiger partial charge is 0.311 e. The fourth-order valence-corrected chi connectivity index (χ4v) is 8.44. The summed E-state index contributed by atoms with van der Waals surface area (Å²) in [6.07, 6.45) is -7.57. The van der Waals surface area contributed by atoms with Crippen LogP contribution in [0.25, 0.3) is 0 Å². The lowest BCUT2D eigenvalue weighted by atomic mass is 9.73. The second-order valence-electron chi connectivity index (χ2n) is 16.1. The van der Waals surface area contributed by atoms with Crippen LogP contribution in [0.3, 0.4) is 0 Å². The molecule has 3 fully saturated rings. The van der Waals surface area contributed by atoms with Crippen LogP contribution < -0.4 is 5.32 Å². The first-order chi connectivity index (χ1) is 22.6. The molecule has 13 nitrogen and oxygen atoms in total. The van der Waals surface area contributed by atoms with Gasteiger partial charge >= 0.3 is 5.97 Å². The fraction of sp³-hybridized carbons (Fsp3) is 0.972. The van der Waals surface area contributed by atoms with Gasteiger partial charge in [0.05, 0.1) is 53.7 Å². The Morgan fingerprint density at radius 1 is 0.878 bits per heavy atom. The van der Waals surface area contributed by atoms with Gasteiger partial charge in [-0.1, -0.05) is 27.7 Å². The number of carbonyl (C=O) groups excluding carboxylic acids is 1. The number of carbonyl (C=O) groups is 1. The van der Waals surface area contributed by atoms with E-state index in [-0.39, 0.29) is 31.1 Å². The standard InChI is InChI=1S/C36H67NO12/c1-13-25-36(10,43)30(40)21(5)27(38)18(2)15-35(9,42)31(49-33-28(39)24(37-11)14-19(3)46-33)22(6)29(23(7)32(41)47-25)48-26-17-34(8,44-12)16-20(4)45-26/h18-31,33,37-40,42-43H,13-17H2,1-12H3/t18-,19-,20+,21+,22+,23-,24+,25-,26+,27+,28-,29+,30-,31-,33+,34+,35-,36-/m1/s1. The van der Waals surface area contributed by atoms with Crippen molar-refractivity contribution >= 4 is 5.97 Å². The van der Waals surface area contributed by atoms with E-state index in [1.54, 1.807) is 55.7 Å². The van der Waals surface area contributed by atoms with Gasteiger partial charge in [-0.25, -0.2) is 0 Å². The zero-order valence-corrected chi connectivity index (χ0v) is 31.8. The quantitative estimate of drug-likeness (QED) is 0.212. The SMILES string of the molecule is CC[C@H]1OC(=O)[C@H](C)[C@@H](O[C@H]2C[C@@](C)(OC)C[C@H](C)O2)[C@H](C)[C@@H](O[C@@H]2O[C@H](C)C[C@H](NC)[C@H]2O)[C@](C)(O)C[C@@H](C)[C@H](O)[C@H](C)[C@@H](O)[C@]1(C)O. The molecule has 3 aliphatic rings. The van der Waals surface area contributed by atoms with Crippen molar-refractivity contribution in [3.8, 4) is 0 Å². The molecule has 0 saturated carbocycles. The molecule has 0 aliphatic carbocycles. The van der Waals surface area contributed by atoms with Gasteiger partial charge in [-0.15, -0.1) is 0 Å². The molecule has 288 valence electrons. The summed E-state index contributed by atoms with van der Waals surface area (Å²) < 4.78 is 37.4. The fourth-order valence-electron chi connectivity index (χ4n) is 8.44. The Morgan fingerprint density at radius 2 is 1.51 bits per heavy atom. The number of aliphatic hydroxyl groups excluding tert-OH is 3. The Labute approximate surface area is 293 Å². The van der Waals surface area contributed by atoms with Gasteiger partial charge in [0.15, 0.2) is 12.6 Å². The van der Waals surface area contributed by atoms with E-state index in [1.807, 2.05) is 20.8 Å². The summed E-state index contributed by atoms with van der Waals surface area (Å²) in [7, 11) is 3.38. The molecule has 3 saturated heterocycles. The van der Waals surface area contributed by atoms with E-state index in [2.05, 4.69) is 5.32 Å². The van der Waals surface area contributed by atoms with Gasteiger partial charge in [0.25, 0.3) is 0 Å². The van der Waals surface area contributed by atoms with E-state index in [9.17, 15) is 30.3 Å². The van der Waals surface area contributed by atoms with Crippen LogP contribution in [0.2, 0.25) is 0 Å². The molecule has 0 bridgehead atoms. The molecular weight excluding hydrogens is 638 g/mol. The summed E-state index contributed by atoms with van der Waals surface area (Å²) in [5.74, 6) is -3.86. The van der Waals surface area contributed by atoms with Crippen molar-refractivity contribution in [1.29, 1.82) is 0 Å². The van der Waals surface area contributed by atoms with Crippen molar-refractivity contribution in [2.45, 2.75) is 186 Å². The van der Waals surface area contributed by atoms with E-state index in [0.29, 0.717) is 19.3 Å². The van der Waals surface area contributed by atoms with Crippen molar-refractivity contribution in [1.82, 2.24) is 5.32 Å². The zero-order chi connectivity index (χ0) is 37.2. The second-order valence-corrected chi connectivity index (χ2v) is 16.1. The van der Waals surface area contributed by atoms with Crippen LogP contribution in [0.1, 0.15) is 101 Å². The Kier molecular flexibility index (Phi) is 14.5. The van der Waals surface area contributed by atoms with Crippen LogP contribution in [-0.4, -0.2) is 130 Å². The minimum Gasteiger partial charge on any atom is -0.459 e. The lowest BCUT2D eigenvalue weighted by Gasteiger charge is -2.48. The number of esters is 1. The number of hydrogen-bond donors (Lipinski definition) is 6. The normalized spacial score (nSPS) is 51.1. The average molecular weight is 706 g/mol. The Morgan fingerprint density at radius 3 is 2.08 bits per heavy atom. The molecule has 0 amide bonds. The zero-order valence-electron chi connectivity index (χ0n) is 31.8. The number of rotatable bonds is 7. The summed E-state index contributed by atoms with van der Waals surface area (Å²) in [6, 6.07) is -0.334. The molecule has 3 heterocycles. The molecule has 0 aromatic heterocycles. The van der Waals surface area contributed by atoms with Crippen molar-refractivity contribution in [2.75, 3.05) is 14.2 Å². The highest BCUT2D eigenvalue weighted by atomic mass is 16.7. The number of aliphatic hydroxyl groups is 5. The number of methoxy groups -OCH3 is 1. The Hall–Kier alpha value is -0.970. The molecule has 0 unspecified atom stereocenters. The van der Waals surface area contributed by atoms with Gasteiger partial charge in [-0.2, -0.15) is 0 Å². The summed E-state index contributed by atoms with van der Waals surface area (Å²) in [5.41, 5.74) is -4.14. The van der Waals surface area contributed by atoms with Gasteiger partial charge < -0.3 is 59.3 Å². The maximum absolute atomic E-state index is 14.0. The predicted octanol–water partition coefficient (Wildman–Crippen LogP) is 2.26. The molecule has 18 atom stereocenters. The maximum atomic E-state index is 14.0. The van der Waals surface area contributed by atoms with Crippen molar-refractivity contribution in [3.63, 3.8) is 0 Å². The maximum Gasteiger partial charge on any atom is 0.311 e. The largest absolute Gasteiger partial charge is 0.459 e. The van der Waals surface area contributed by atoms with Crippen LogP contribution in [-0.2, 0) is 33.2 Å². The number of likely N-dealkylation sites (N-methyl/N-ethyl adjacent to an activating group) is 1. The molecule has 3 rings (SSSR count). The molecule has 6 N–H and O–H groups in total. The molecule has 0 radical (unpaired) electrons. The lowest BCUT2D eigenvalue weighted by molar-refractivity contribution is -0.307. The highest BCUT2D eigenvalue weighted by Crippen LogP contribution is 2.41. The molecule has 0 aromatic rings. The van der Waals surface area contributed by atoms with Gasteiger partial charge in [-0.05, 0) is 73.8 Å². The number of nitrogens with one attached hydrogen (secondary N) is 1. The lowest BCUT2D eigenvalue weighted by Crippen LogP contribution is -2.60. The summed E-state index contributed by atoms with van der Waals surface area (Å²) in [5, 5.41) is 61.2. The number of ether oxygens (including phenoxy) is 6. The van der Waals surface area contributed by atoms with Crippen LogP contribution in [0, 0.1) is 23.7 Å². The summed E-state index contributed by atoms with van der Waals surface area (Å²) in [4.78, 5) is 14.0. The third-order valence-electron chi connectivity index (χ3n) is 11.5. The minimum atomic E-state index is -1.90. The van der Waals surface area contributed by atoms with Crippen molar-refractivity contribution in [3.05, 3.63) is 0 Å². The number of hydrogen-bond acceptors (Lipinski definition) is 13. The summed E-state index contributed by atoms with van der Waals surface area (Å²) in [6.45, 7) is 17.3. The van der Waals surface area contributed by atoms with E-state index in [1.165, 1.54) is 6.92 Å². The predicted molar refractivity (Wildman–Crippen MR) is 181 cm³/mol. The highest BCUT2D eigenvalue weighted by Gasteiger charge is 2.52. The monoisotopic (exact) mass is 705 g/mol.